The fourth-order valence-corrected chi connectivity index (χ4v) is 4.41. The molecule has 0 radical (unpaired) electrons. The van der Waals surface area contributed by atoms with E-state index in [1.165, 1.54) is 31.5 Å². The van der Waals surface area contributed by atoms with Crippen LogP contribution in [0.4, 0.5) is 5.69 Å². The molecule has 0 saturated heterocycles. The van der Waals surface area contributed by atoms with Crippen molar-refractivity contribution in [1.29, 1.82) is 0 Å². The molecule has 0 aliphatic rings. The number of anilines is 1. The average Bonchev–Trinajstić information content (AvgIpc) is 3.24. The summed E-state index contributed by atoms with van der Waals surface area (Å²) in [5.41, 5.74) is 0.894. The van der Waals surface area contributed by atoms with Crippen LogP contribution in [0, 0.1) is 0 Å². The molecule has 0 bridgehead atoms. The van der Waals surface area contributed by atoms with Gasteiger partial charge in [-0.3, -0.25) is 4.72 Å². The highest BCUT2D eigenvalue weighted by Crippen LogP contribution is 2.22. The molecule has 3 rings (SSSR count). The highest BCUT2D eigenvalue weighted by molar-refractivity contribution is 7.94. The summed E-state index contributed by atoms with van der Waals surface area (Å²) in [6.07, 6.45) is 1.40. The molecule has 0 amide bonds. The predicted molar refractivity (Wildman–Crippen MR) is 109 cm³/mol. The molecule has 0 aliphatic carbocycles. The Hall–Kier alpha value is -3.17. The Morgan fingerprint density at radius 3 is 2.61 bits per heavy atom. The molecule has 0 fully saturated rings. The molecule has 9 heteroatoms. The third-order valence-corrected chi connectivity index (χ3v) is 6.41. The van der Waals surface area contributed by atoms with Gasteiger partial charge in [0.2, 0.25) is 0 Å². The number of ether oxygens (including phenoxy) is 1. The second kappa shape index (κ2) is 8.68. The Morgan fingerprint density at radius 2 is 1.86 bits per heavy atom. The first-order valence-corrected chi connectivity index (χ1v) is 10.4. The molecular formula is C19H16N3O4S2-. The van der Waals surface area contributed by atoms with Gasteiger partial charge < -0.3 is 9.84 Å². The molecule has 3 aromatic rings. The zero-order chi connectivity index (χ0) is 20.0. The van der Waals surface area contributed by atoms with Crippen LogP contribution in [0.25, 0.3) is 0 Å². The van der Waals surface area contributed by atoms with Crippen LogP contribution in [-0.4, -0.2) is 27.6 Å². The van der Waals surface area contributed by atoms with Crippen molar-refractivity contribution in [2.75, 3.05) is 11.8 Å². The highest BCUT2D eigenvalue weighted by atomic mass is 32.2. The molecule has 1 heterocycles. The summed E-state index contributed by atoms with van der Waals surface area (Å²) in [4.78, 5) is 0. The van der Waals surface area contributed by atoms with Crippen molar-refractivity contribution in [1.82, 2.24) is 0 Å². The van der Waals surface area contributed by atoms with Crippen LogP contribution >= 0.6 is 11.3 Å². The SMILES string of the molecule is COc1ccccc1/C=N\N=C([O-])c1ccccc1NS(=O)(=O)c1cccs1. The lowest BCUT2D eigenvalue weighted by Gasteiger charge is -2.15. The molecule has 1 aromatic heterocycles. The summed E-state index contributed by atoms with van der Waals surface area (Å²) >= 11 is 1.08. The minimum Gasteiger partial charge on any atom is -0.857 e. The smallest absolute Gasteiger partial charge is 0.271 e. The van der Waals surface area contributed by atoms with Crippen molar-refractivity contribution >= 4 is 39.2 Å². The van der Waals surface area contributed by atoms with Gasteiger partial charge in [0.25, 0.3) is 10.0 Å². The number of rotatable bonds is 7. The van der Waals surface area contributed by atoms with Gasteiger partial charge in [0.15, 0.2) is 0 Å². The zero-order valence-electron chi connectivity index (χ0n) is 14.8. The first-order valence-electron chi connectivity index (χ1n) is 8.08. The van der Waals surface area contributed by atoms with Gasteiger partial charge in [-0.05, 0) is 29.6 Å². The maximum Gasteiger partial charge on any atom is 0.271 e. The van der Waals surface area contributed by atoms with E-state index in [1.807, 2.05) is 6.07 Å². The number of para-hydroxylation sites is 2. The summed E-state index contributed by atoms with van der Waals surface area (Å²) in [7, 11) is -2.25. The average molecular weight is 414 g/mol. The van der Waals surface area contributed by atoms with Gasteiger partial charge in [-0.1, -0.05) is 36.4 Å². The van der Waals surface area contributed by atoms with Gasteiger partial charge in [-0.25, -0.2) is 8.42 Å². The number of nitrogens with one attached hydrogen (secondary N) is 1. The van der Waals surface area contributed by atoms with Gasteiger partial charge in [-0.2, -0.15) is 10.2 Å². The number of thiophene rings is 1. The Bertz CT molecular complexity index is 1110. The number of nitrogens with zero attached hydrogens (tertiary/aromatic N) is 2. The van der Waals surface area contributed by atoms with E-state index in [0.29, 0.717) is 11.3 Å². The van der Waals surface area contributed by atoms with E-state index in [2.05, 4.69) is 14.9 Å². The van der Waals surface area contributed by atoms with Gasteiger partial charge in [0, 0.05) is 17.0 Å². The number of sulfonamides is 1. The predicted octanol–water partition coefficient (Wildman–Crippen LogP) is 2.70. The lowest BCUT2D eigenvalue weighted by molar-refractivity contribution is -0.213. The Morgan fingerprint density at radius 1 is 1.11 bits per heavy atom. The van der Waals surface area contributed by atoms with Crippen LogP contribution in [-0.2, 0) is 10.0 Å². The van der Waals surface area contributed by atoms with E-state index in [0.717, 1.165) is 11.3 Å². The second-order valence-corrected chi connectivity index (χ2v) is 8.33. The minimum absolute atomic E-state index is 0.0970. The highest BCUT2D eigenvalue weighted by Gasteiger charge is 2.16. The van der Waals surface area contributed by atoms with Crippen LogP contribution in [0.2, 0.25) is 0 Å². The molecule has 0 aliphatic heterocycles. The summed E-state index contributed by atoms with van der Waals surface area (Å²) in [5, 5.41) is 21.6. The second-order valence-electron chi connectivity index (χ2n) is 5.47. The van der Waals surface area contributed by atoms with Crippen LogP contribution in [0.15, 0.2) is 80.5 Å². The largest absolute Gasteiger partial charge is 0.857 e. The normalized spacial score (nSPS) is 12.2. The fraction of sp³-hybridized carbons (Fsp3) is 0.0526. The van der Waals surface area contributed by atoms with E-state index in [-0.39, 0.29) is 15.5 Å². The van der Waals surface area contributed by atoms with E-state index >= 15 is 0 Å². The third-order valence-electron chi connectivity index (χ3n) is 3.65. The topological polar surface area (TPSA) is 103 Å². The van der Waals surface area contributed by atoms with Crippen LogP contribution in [0.5, 0.6) is 5.75 Å². The lowest BCUT2D eigenvalue weighted by Crippen LogP contribution is -2.22. The molecule has 0 unspecified atom stereocenters. The molecule has 2 aromatic carbocycles. The molecule has 7 nitrogen and oxygen atoms in total. The monoisotopic (exact) mass is 414 g/mol. The van der Waals surface area contributed by atoms with Crippen molar-refractivity contribution in [3.63, 3.8) is 0 Å². The lowest BCUT2D eigenvalue weighted by atomic mass is 10.2. The summed E-state index contributed by atoms with van der Waals surface area (Å²) in [6.45, 7) is 0. The van der Waals surface area contributed by atoms with Crippen LogP contribution in [0.3, 0.4) is 0 Å². The standard InChI is InChI=1S/C19H17N3O4S2/c1-26-17-10-5-2-7-14(17)13-20-21-19(23)15-8-3-4-9-16(15)22-28(24,25)18-11-6-12-27-18/h2-13,22H,1H3,(H,21,23)/p-1/b20-13-. The fourth-order valence-electron chi connectivity index (χ4n) is 2.34. The molecule has 0 atom stereocenters. The third kappa shape index (κ3) is 4.56. The van der Waals surface area contributed by atoms with Crippen LogP contribution in [0.1, 0.15) is 11.1 Å². The number of methoxy groups -OCH3 is 1. The maximum absolute atomic E-state index is 12.4. The molecule has 0 saturated carbocycles. The van der Waals surface area contributed by atoms with Gasteiger partial charge in [0.05, 0.1) is 19.0 Å². The Labute approximate surface area is 166 Å². The van der Waals surface area contributed by atoms with Crippen LogP contribution < -0.4 is 14.6 Å². The number of benzene rings is 2. The van der Waals surface area contributed by atoms with Crippen molar-refractivity contribution < 1.29 is 18.3 Å². The van der Waals surface area contributed by atoms with Gasteiger partial charge >= 0.3 is 0 Å². The number of hydrogen-bond donors (Lipinski definition) is 1. The zero-order valence-corrected chi connectivity index (χ0v) is 16.4. The van der Waals surface area contributed by atoms with E-state index in [4.69, 9.17) is 4.74 Å². The van der Waals surface area contributed by atoms with Gasteiger partial charge in [-0.15, -0.1) is 11.3 Å². The van der Waals surface area contributed by atoms with Crippen molar-refractivity contribution in [3.8, 4) is 5.75 Å². The van der Waals surface area contributed by atoms with Crippen molar-refractivity contribution in [3.05, 3.63) is 77.2 Å². The van der Waals surface area contributed by atoms with Crippen molar-refractivity contribution in [2.24, 2.45) is 10.2 Å². The van der Waals surface area contributed by atoms with E-state index < -0.39 is 15.9 Å². The molecule has 144 valence electrons. The quantitative estimate of drug-likeness (QED) is 0.365. The Kier molecular flexibility index (Phi) is 6.07. The summed E-state index contributed by atoms with van der Waals surface area (Å²) < 4.78 is 32.6. The van der Waals surface area contributed by atoms with Gasteiger partial charge in [0.1, 0.15) is 9.96 Å². The summed E-state index contributed by atoms with van der Waals surface area (Å²) in [5.74, 6) is -0.0753. The van der Waals surface area contributed by atoms with E-state index in [1.54, 1.807) is 41.8 Å². The molecular weight excluding hydrogens is 398 g/mol. The van der Waals surface area contributed by atoms with E-state index in [9.17, 15) is 13.5 Å². The summed E-state index contributed by atoms with van der Waals surface area (Å²) in [6, 6.07) is 16.5. The van der Waals surface area contributed by atoms with Crippen molar-refractivity contribution in [2.45, 2.75) is 4.21 Å². The minimum atomic E-state index is -3.78. The first-order chi connectivity index (χ1) is 13.5. The Balaban J connectivity index is 1.85. The molecule has 0 spiro atoms. The number of hydrogen-bond acceptors (Lipinski definition) is 7. The molecule has 28 heavy (non-hydrogen) atoms. The first kappa shape index (κ1) is 19.6. The maximum atomic E-state index is 12.4. The molecule has 1 N–H and O–H groups in total.